The van der Waals surface area contributed by atoms with Crippen LogP contribution in [0.25, 0.3) is 16.7 Å². The lowest BCUT2D eigenvalue weighted by atomic mass is 9.86. The minimum Gasteiger partial charge on any atom is -0.345 e. The zero-order valence-electron chi connectivity index (χ0n) is 13.6. The monoisotopic (exact) mass is 321 g/mol. The zero-order chi connectivity index (χ0) is 16.7. The fraction of sp³-hybridized carbons (Fsp3) is 0.389. The number of imidazole rings is 1. The van der Waals surface area contributed by atoms with Gasteiger partial charge in [0.25, 0.3) is 0 Å². The van der Waals surface area contributed by atoms with E-state index in [0.29, 0.717) is 12.5 Å². The number of nitrogens with one attached hydrogen (secondary N) is 1. The predicted octanol–water partition coefficient (Wildman–Crippen LogP) is 2.19. The maximum absolute atomic E-state index is 12.2. The molecule has 2 atom stereocenters. The van der Waals surface area contributed by atoms with E-state index in [1.54, 1.807) is 0 Å². The molecule has 6 heteroatoms. The van der Waals surface area contributed by atoms with Crippen LogP contribution in [0.2, 0.25) is 0 Å². The lowest BCUT2D eigenvalue weighted by Gasteiger charge is -2.36. The second-order valence-corrected chi connectivity index (χ2v) is 6.44. The number of H-pyrrole nitrogens is 1. The maximum atomic E-state index is 12.2. The summed E-state index contributed by atoms with van der Waals surface area (Å²) in [7, 11) is 0. The number of rotatable bonds is 2. The molecule has 3 aromatic heterocycles. The molecule has 24 heavy (non-hydrogen) atoms. The Morgan fingerprint density at radius 3 is 3.12 bits per heavy atom. The summed E-state index contributed by atoms with van der Waals surface area (Å²) in [6.45, 7) is 3.65. The highest BCUT2D eigenvalue weighted by atomic mass is 16.2. The van der Waals surface area contributed by atoms with Crippen molar-refractivity contribution < 1.29 is 4.79 Å². The van der Waals surface area contributed by atoms with Gasteiger partial charge >= 0.3 is 0 Å². The van der Waals surface area contributed by atoms with Gasteiger partial charge in [-0.05, 0) is 18.4 Å². The Kier molecular flexibility index (Phi) is 3.49. The van der Waals surface area contributed by atoms with E-state index < -0.39 is 0 Å². The van der Waals surface area contributed by atoms with Crippen molar-refractivity contribution in [2.75, 3.05) is 13.1 Å². The smallest absolute Gasteiger partial charge is 0.234 e. The minimum atomic E-state index is 0.0312. The quantitative estimate of drug-likeness (QED) is 0.736. The van der Waals surface area contributed by atoms with Gasteiger partial charge in [0.05, 0.1) is 29.8 Å². The molecule has 0 spiro atoms. The number of terminal acetylenes is 1. The molecule has 3 aromatic rings. The van der Waals surface area contributed by atoms with E-state index >= 15 is 0 Å². The number of aromatic amines is 1. The summed E-state index contributed by atoms with van der Waals surface area (Å²) in [6.07, 6.45) is 12.0. The third kappa shape index (κ3) is 2.24. The van der Waals surface area contributed by atoms with Gasteiger partial charge in [0.2, 0.25) is 5.91 Å². The molecule has 1 aliphatic heterocycles. The summed E-state index contributed by atoms with van der Waals surface area (Å²) in [4.78, 5) is 26.3. The van der Waals surface area contributed by atoms with E-state index in [-0.39, 0.29) is 18.2 Å². The topological polar surface area (TPSA) is 66.3 Å². The van der Waals surface area contributed by atoms with E-state index in [4.69, 9.17) is 6.42 Å². The number of amides is 1. The van der Waals surface area contributed by atoms with Crippen LogP contribution in [-0.2, 0) is 4.79 Å². The average Bonchev–Trinajstić information content (AvgIpc) is 3.21. The van der Waals surface area contributed by atoms with Gasteiger partial charge in [-0.2, -0.15) is 0 Å². The molecule has 1 saturated heterocycles. The normalized spacial score (nSPS) is 21.2. The molecule has 4 rings (SSSR count). The number of carbonyl (C=O) groups is 1. The van der Waals surface area contributed by atoms with Crippen molar-refractivity contribution in [3.63, 3.8) is 0 Å². The molecule has 122 valence electrons. The van der Waals surface area contributed by atoms with Crippen LogP contribution in [0.15, 0.2) is 24.7 Å². The maximum Gasteiger partial charge on any atom is 0.234 e. The van der Waals surface area contributed by atoms with Crippen LogP contribution in [0.5, 0.6) is 0 Å². The summed E-state index contributed by atoms with van der Waals surface area (Å²) in [5.41, 5.74) is 2.82. The molecule has 1 fully saturated rings. The summed E-state index contributed by atoms with van der Waals surface area (Å²) < 4.78 is 2.15. The largest absolute Gasteiger partial charge is 0.345 e. The van der Waals surface area contributed by atoms with E-state index in [0.717, 1.165) is 35.5 Å². The van der Waals surface area contributed by atoms with Crippen LogP contribution < -0.4 is 0 Å². The number of aromatic nitrogens is 4. The van der Waals surface area contributed by atoms with Crippen molar-refractivity contribution in [3.8, 4) is 12.3 Å². The zero-order valence-corrected chi connectivity index (χ0v) is 13.6. The molecule has 4 heterocycles. The van der Waals surface area contributed by atoms with Crippen LogP contribution in [0, 0.1) is 18.3 Å². The Hall–Kier alpha value is -2.81. The van der Waals surface area contributed by atoms with Crippen molar-refractivity contribution in [2.45, 2.75) is 25.7 Å². The number of piperidine rings is 1. The number of hydrogen-bond donors (Lipinski definition) is 1. The Balaban J connectivity index is 1.76. The van der Waals surface area contributed by atoms with Crippen LogP contribution in [0.3, 0.4) is 0 Å². The first-order valence-electron chi connectivity index (χ1n) is 8.19. The number of nitrogens with zero attached hydrogens (tertiary/aromatic N) is 4. The molecule has 1 N–H and O–H groups in total. The number of hydrogen-bond acceptors (Lipinski definition) is 3. The molecule has 1 amide bonds. The minimum absolute atomic E-state index is 0.0312. The Bertz CT molecular complexity index is 947. The Morgan fingerprint density at radius 1 is 1.46 bits per heavy atom. The van der Waals surface area contributed by atoms with Crippen LogP contribution >= 0.6 is 0 Å². The number of likely N-dealkylation sites (tertiary alicyclic amines) is 1. The highest BCUT2D eigenvalue weighted by Crippen LogP contribution is 2.33. The SMILES string of the molecule is C#CCC(=O)N1CC[C@@H](C)[C@@H](c2ncc3cnc4[nH]ccc4n23)C1. The summed E-state index contributed by atoms with van der Waals surface area (Å²) >= 11 is 0. The molecule has 0 bridgehead atoms. The van der Waals surface area contributed by atoms with Crippen molar-refractivity contribution in [1.29, 1.82) is 0 Å². The van der Waals surface area contributed by atoms with Gasteiger partial charge < -0.3 is 9.88 Å². The van der Waals surface area contributed by atoms with E-state index in [9.17, 15) is 4.79 Å². The molecule has 0 aliphatic carbocycles. The number of fused-ring (bicyclic) bond motifs is 3. The van der Waals surface area contributed by atoms with Crippen molar-refractivity contribution in [3.05, 3.63) is 30.5 Å². The van der Waals surface area contributed by atoms with Crippen molar-refractivity contribution in [1.82, 2.24) is 24.3 Å². The second kappa shape index (κ2) is 5.68. The van der Waals surface area contributed by atoms with E-state index in [1.807, 2.05) is 29.6 Å². The molecular formula is C18H19N5O. The Labute approximate surface area is 139 Å². The molecule has 0 aromatic carbocycles. The van der Waals surface area contributed by atoms with Gasteiger partial charge in [-0.3, -0.25) is 9.20 Å². The number of carbonyl (C=O) groups excluding carboxylic acids is 1. The van der Waals surface area contributed by atoms with Crippen LogP contribution in [0.1, 0.15) is 31.5 Å². The first kappa shape index (κ1) is 14.8. The second-order valence-electron chi connectivity index (χ2n) is 6.44. The summed E-state index contributed by atoms with van der Waals surface area (Å²) in [5.74, 6) is 4.11. The van der Waals surface area contributed by atoms with Crippen molar-refractivity contribution in [2.24, 2.45) is 5.92 Å². The highest BCUT2D eigenvalue weighted by molar-refractivity contribution is 5.79. The average molecular weight is 321 g/mol. The molecule has 0 radical (unpaired) electrons. The third-order valence-corrected chi connectivity index (χ3v) is 4.98. The van der Waals surface area contributed by atoms with Crippen LogP contribution in [0.4, 0.5) is 0 Å². The van der Waals surface area contributed by atoms with Gasteiger partial charge in [0.15, 0.2) is 5.65 Å². The molecular weight excluding hydrogens is 302 g/mol. The Morgan fingerprint density at radius 2 is 2.29 bits per heavy atom. The first-order valence-corrected chi connectivity index (χ1v) is 8.19. The summed E-state index contributed by atoms with van der Waals surface area (Å²) in [6, 6.07) is 2.01. The predicted molar refractivity (Wildman–Crippen MR) is 91.4 cm³/mol. The fourth-order valence-corrected chi connectivity index (χ4v) is 3.59. The van der Waals surface area contributed by atoms with Gasteiger partial charge in [-0.25, -0.2) is 9.97 Å². The van der Waals surface area contributed by atoms with Gasteiger partial charge in [0, 0.05) is 25.2 Å². The van der Waals surface area contributed by atoms with Gasteiger partial charge in [-0.15, -0.1) is 6.42 Å². The van der Waals surface area contributed by atoms with E-state index in [2.05, 4.69) is 32.2 Å². The van der Waals surface area contributed by atoms with Crippen molar-refractivity contribution >= 4 is 22.6 Å². The molecule has 6 nitrogen and oxygen atoms in total. The van der Waals surface area contributed by atoms with Crippen LogP contribution in [-0.4, -0.2) is 43.2 Å². The van der Waals surface area contributed by atoms with Gasteiger partial charge in [-0.1, -0.05) is 12.8 Å². The first-order chi connectivity index (χ1) is 11.7. The molecule has 0 unspecified atom stereocenters. The standard InChI is InChI=1S/C18H19N5O/c1-3-4-16(24)22-8-6-12(2)14(11-22)18-21-10-13-9-20-17-15(23(13)18)5-7-19-17/h1,5,7,9-10,12,14,19H,4,6,8,11H2,2H3/t12-,14+/m1/s1. The third-order valence-electron chi connectivity index (χ3n) is 4.98. The summed E-state index contributed by atoms with van der Waals surface area (Å²) in [5, 5.41) is 0. The fourth-order valence-electron chi connectivity index (χ4n) is 3.59. The lowest BCUT2D eigenvalue weighted by Crippen LogP contribution is -2.42. The molecule has 0 saturated carbocycles. The lowest BCUT2D eigenvalue weighted by molar-refractivity contribution is -0.131. The molecule has 1 aliphatic rings. The van der Waals surface area contributed by atoms with Gasteiger partial charge in [0.1, 0.15) is 5.82 Å². The van der Waals surface area contributed by atoms with E-state index in [1.165, 1.54) is 0 Å². The highest BCUT2D eigenvalue weighted by Gasteiger charge is 2.32.